The molecule has 0 aliphatic carbocycles. The van der Waals surface area contributed by atoms with E-state index in [0.717, 1.165) is 5.69 Å². The first-order valence-corrected chi connectivity index (χ1v) is 6.63. The highest BCUT2D eigenvalue weighted by Crippen LogP contribution is 2.30. The Bertz CT molecular complexity index is 376. The Morgan fingerprint density at radius 1 is 1.41 bits per heavy atom. The van der Waals surface area contributed by atoms with Crippen molar-refractivity contribution in [3.8, 4) is 0 Å². The molecule has 1 aromatic heterocycles. The first kappa shape index (κ1) is 12.8. The second-order valence-electron chi connectivity index (χ2n) is 5.15. The molecule has 1 fully saturated rings. The smallest absolute Gasteiger partial charge is 0.153 e. The Labute approximate surface area is 104 Å². The molecule has 0 amide bonds. The van der Waals surface area contributed by atoms with Crippen molar-refractivity contribution in [2.24, 2.45) is 0 Å². The van der Waals surface area contributed by atoms with E-state index in [4.69, 9.17) is 4.74 Å². The molecular weight excluding hydrogens is 238 g/mol. The average Bonchev–Trinajstić information content (AvgIpc) is 2.23. The summed E-state index contributed by atoms with van der Waals surface area (Å²) in [5, 5.41) is 0. The summed E-state index contributed by atoms with van der Waals surface area (Å²) in [7, 11) is 0. The number of aromatic nitrogens is 2. The first-order chi connectivity index (χ1) is 7.94. The summed E-state index contributed by atoms with van der Waals surface area (Å²) < 4.78 is 20.2. The summed E-state index contributed by atoms with van der Waals surface area (Å²) in [6, 6.07) is 0. The van der Waals surface area contributed by atoms with Gasteiger partial charge in [-0.3, -0.25) is 9.97 Å². The Balaban J connectivity index is 2.16. The van der Waals surface area contributed by atoms with Crippen molar-refractivity contribution in [3.05, 3.63) is 24.3 Å². The monoisotopic (exact) mass is 255 g/mol. The van der Waals surface area contributed by atoms with Crippen LogP contribution in [0.3, 0.4) is 0 Å². The van der Waals surface area contributed by atoms with Gasteiger partial charge in [0.25, 0.3) is 0 Å². The van der Waals surface area contributed by atoms with E-state index in [0.29, 0.717) is 13.2 Å². The molecule has 1 aromatic rings. The Hall–Kier alpha value is -0.690. The van der Waals surface area contributed by atoms with Crippen LogP contribution in [-0.2, 0) is 21.6 Å². The molecule has 94 valence electrons. The molecular formula is C11H17N3O2S. The average molecular weight is 255 g/mol. The number of hydrogen-bond donors (Lipinski definition) is 1. The van der Waals surface area contributed by atoms with E-state index in [1.165, 1.54) is 0 Å². The molecule has 6 heteroatoms. The minimum atomic E-state index is -1.15. The van der Waals surface area contributed by atoms with E-state index >= 15 is 0 Å². The molecule has 1 aliphatic heterocycles. The fraction of sp³-hybridized carbons (Fsp3) is 0.636. The van der Waals surface area contributed by atoms with Gasteiger partial charge in [-0.15, -0.1) is 4.72 Å². The van der Waals surface area contributed by atoms with E-state index in [2.05, 4.69) is 14.7 Å². The molecule has 1 unspecified atom stereocenters. The van der Waals surface area contributed by atoms with Gasteiger partial charge in [-0.2, -0.15) is 0 Å². The van der Waals surface area contributed by atoms with Gasteiger partial charge in [0.1, 0.15) is 4.75 Å². The zero-order valence-electron chi connectivity index (χ0n) is 10.3. The number of nitrogens with zero attached hydrogens (tertiary/aromatic N) is 2. The van der Waals surface area contributed by atoms with Gasteiger partial charge in [0, 0.05) is 23.8 Å². The summed E-state index contributed by atoms with van der Waals surface area (Å²) in [5.41, 5.74) is 0.329. The predicted octanol–water partition coefficient (Wildman–Crippen LogP) is 0.754. The van der Waals surface area contributed by atoms with Crippen molar-refractivity contribution >= 4 is 11.4 Å². The SMILES string of the molecule is CC(C)(C)[S+]([O-])NC1(c2cnccn2)COC1. The van der Waals surface area contributed by atoms with Crippen LogP contribution in [0, 0.1) is 0 Å². The normalized spacial score (nSPS) is 20.7. The number of ether oxygens (including phenoxy) is 1. The van der Waals surface area contributed by atoms with Gasteiger partial charge < -0.3 is 9.29 Å². The molecule has 0 spiro atoms. The van der Waals surface area contributed by atoms with E-state index < -0.39 is 16.9 Å². The van der Waals surface area contributed by atoms with Crippen LogP contribution in [0.2, 0.25) is 0 Å². The molecule has 1 aliphatic rings. The van der Waals surface area contributed by atoms with E-state index in [1.54, 1.807) is 18.6 Å². The molecule has 1 saturated heterocycles. The Morgan fingerprint density at radius 2 is 2.12 bits per heavy atom. The highest BCUT2D eigenvalue weighted by molar-refractivity contribution is 7.90. The summed E-state index contributed by atoms with van der Waals surface area (Å²) in [6.07, 6.45) is 4.95. The lowest BCUT2D eigenvalue weighted by Gasteiger charge is -2.42. The van der Waals surface area contributed by atoms with Gasteiger partial charge in [0.2, 0.25) is 0 Å². The van der Waals surface area contributed by atoms with Gasteiger partial charge in [0.05, 0.1) is 25.1 Å². The van der Waals surface area contributed by atoms with E-state index in [1.807, 2.05) is 20.8 Å². The molecule has 17 heavy (non-hydrogen) atoms. The lowest BCUT2D eigenvalue weighted by atomic mass is 9.95. The van der Waals surface area contributed by atoms with Crippen LogP contribution in [0.15, 0.2) is 18.6 Å². The van der Waals surface area contributed by atoms with Gasteiger partial charge >= 0.3 is 0 Å². The van der Waals surface area contributed by atoms with Crippen molar-refractivity contribution in [1.29, 1.82) is 0 Å². The van der Waals surface area contributed by atoms with Gasteiger partial charge in [-0.1, -0.05) is 0 Å². The van der Waals surface area contributed by atoms with Crippen molar-refractivity contribution in [3.63, 3.8) is 0 Å². The Kier molecular flexibility index (Phi) is 3.40. The standard InChI is InChI=1S/C11H17N3O2S/c1-10(2,3)17(15)14-11(7-16-8-11)9-6-12-4-5-13-9/h4-6,14H,7-8H2,1-3H3. The zero-order valence-corrected chi connectivity index (χ0v) is 11.1. The fourth-order valence-electron chi connectivity index (χ4n) is 1.44. The molecule has 5 nitrogen and oxygen atoms in total. The van der Waals surface area contributed by atoms with E-state index in [-0.39, 0.29) is 4.75 Å². The summed E-state index contributed by atoms with van der Waals surface area (Å²) in [6.45, 7) is 6.75. The van der Waals surface area contributed by atoms with Crippen LogP contribution in [-0.4, -0.2) is 32.5 Å². The minimum Gasteiger partial charge on any atom is -0.598 e. The molecule has 0 bridgehead atoms. The lowest BCUT2D eigenvalue weighted by molar-refractivity contribution is -0.0689. The maximum atomic E-state index is 12.1. The Morgan fingerprint density at radius 3 is 2.53 bits per heavy atom. The second-order valence-corrected chi connectivity index (χ2v) is 7.12. The van der Waals surface area contributed by atoms with Crippen LogP contribution < -0.4 is 4.72 Å². The van der Waals surface area contributed by atoms with Gasteiger partial charge in [-0.25, -0.2) is 0 Å². The van der Waals surface area contributed by atoms with E-state index in [9.17, 15) is 4.55 Å². The van der Waals surface area contributed by atoms with Gasteiger partial charge in [-0.05, 0) is 20.8 Å². The maximum Gasteiger partial charge on any atom is 0.153 e. The highest BCUT2D eigenvalue weighted by atomic mass is 32.2. The summed E-state index contributed by atoms with van der Waals surface area (Å²) in [5.74, 6) is 0. The molecule has 0 radical (unpaired) electrons. The van der Waals surface area contributed by atoms with Crippen molar-refractivity contribution in [2.75, 3.05) is 13.2 Å². The maximum absolute atomic E-state index is 12.1. The summed E-state index contributed by atoms with van der Waals surface area (Å²) in [4.78, 5) is 8.31. The predicted molar refractivity (Wildman–Crippen MR) is 65.6 cm³/mol. The number of rotatable bonds is 3. The highest BCUT2D eigenvalue weighted by Gasteiger charge is 2.48. The molecule has 0 saturated carbocycles. The largest absolute Gasteiger partial charge is 0.598 e. The van der Waals surface area contributed by atoms with Crippen molar-refractivity contribution < 1.29 is 9.29 Å². The molecule has 2 heterocycles. The number of hydrogen-bond acceptors (Lipinski definition) is 5. The van der Waals surface area contributed by atoms with Crippen LogP contribution >= 0.6 is 0 Å². The number of nitrogens with one attached hydrogen (secondary N) is 1. The minimum absolute atomic E-state index is 0.315. The molecule has 0 aromatic carbocycles. The van der Waals surface area contributed by atoms with Gasteiger partial charge in [0.15, 0.2) is 5.54 Å². The summed E-state index contributed by atoms with van der Waals surface area (Å²) >= 11 is -1.15. The fourth-order valence-corrected chi connectivity index (χ4v) is 2.33. The molecule has 2 rings (SSSR count). The van der Waals surface area contributed by atoms with Crippen molar-refractivity contribution in [2.45, 2.75) is 31.1 Å². The first-order valence-electron chi connectivity index (χ1n) is 5.48. The second kappa shape index (κ2) is 4.53. The topological polar surface area (TPSA) is 70.1 Å². The zero-order chi connectivity index (χ0) is 12.5. The van der Waals surface area contributed by atoms with Crippen LogP contribution in [0.4, 0.5) is 0 Å². The third-order valence-electron chi connectivity index (χ3n) is 2.59. The molecule has 1 N–H and O–H groups in total. The quantitative estimate of drug-likeness (QED) is 0.807. The van der Waals surface area contributed by atoms with Crippen LogP contribution in [0.25, 0.3) is 0 Å². The molecule has 1 atom stereocenters. The van der Waals surface area contributed by atoms with Crippen molar-refractivity contribution in [1.82, 2.24) is 14.7 Å². The third-order valence-corrected chi connectivity index (χ3v) is 4.28. The van der Waals surface area contributed by atoms with Crippen LogP contribution in [0.5, 0.6) is 0 Å². The van der Waals surface area contributed by atoms with Crippen LogP contribution in [0.1, 0.15) is 26.5 Å². The lowest BCUT2D eigenvalue weighted by Crippen LogP contribution is -2.62. The third kappa shape index (κ3) is 2.60.